The molecule has 1 N–H and O–H groups in total. The molecule has 0 spiro atoms. The molecule has 0 aliphatic heterocycles. The van der Waals surface area contributed by atoms with Gasteiger partial charge in [-0.3, -0.25) is 4.98 Å². The molecule has 0 radical (unpaired) electrons. The summed E-state index contributed by atoms with van der Waals surface area (Å²) in [5, 5.41) is 13.3. The average molecular weight is 299 g/mol. The number of pyridine rings is 1. The smallest absolute Gasteiger partial charge is 0.138 e. The molecule has 0 unspecified atom stereocenters. The lowest BCUT2D eigenvalue weighted by Crippen LogP contribution is -2.00. The number of aromatic nitrogens is 3. The zero-order valence-corrected chi connectivity index (χ0v) is 11.7. The number of ether oxygens (including phenoxy) is 1. The lowest BCUT2D eigenvalue weighted by molar-refractivity contribution is 0.274. The molecule has 0 fully saturated rings. The van der Waals surface area contributed by atoms with Crippen molar-refractivity contribution in [2.45, 2.75) is 13.2 Å². The summed E-state index contributed by atoms with van der Waals surface area (Å²) in [6.45, 7) is 0.205. The normalized spacial score (nSPS) is 10.6. The van der Waals surface area contributed by atoms with Crippen LogP contribution < -0.4 is 4.74 Å². The Kier molecular flexibility index (Phi) is 4.11. The van der Waals surface area contributed by atoms with Crippen molar-refractivity contribution in [3.63, 3.8) is 0 Å². The molecule has 0 atom stereocenters. The van der Waals surface area contributed by atoms with E-state index in [-0.39, 0.29) is 12.4 Å². The molecular formula is C16H14FN3O2. The Morgan fingerprint density at radius 3 is 2.55 bits per heavy atom. The Labute approximate surface area is 126 Å². The third-order valence-corrected chi connectivity index (χ3v) is 3.08. The molecular weight excluding hydrogens is 285 g/mol. The van der Waals surface area contributed by atoms with Crippen molar-refractivity contribution in [2.24, 2.45) is 0 Å². The zero-order valence-electron chi connectivity index (χ0n) is 11.7. The highest BCUT2D eigenvalue weighted by molar-refractivity contribution is 5.31. The largest absolute Gasteiger partial charge is 0.486 e. The molecule has 0 bridgehead atoms. The van der Waals surface area contributed by atoms with Crippen molar-refractivity contribution in [2.75, 3.05) is 0 Å². The Balaban J connectivity index is 1.65. The number of aliphatic hydroxyl groups excluding tert-OH is 1. The quantitative estimate of drug-likeness (QED) is 0.786. The summed E-state index contributed by atoms with van der Waals surface area (Å²) in [5.74, 6) is 0.326. The van der Waals surface area contributed by atoms with E-state index in [1.54, 1.807) is 41.3 Å². The second kappa shape index (κ2) is 6.36. The van der Waals surface area contributed by atoms with Crippen molar-refractivity contribution in [3.8, 4) is 11.4 Å². The van der Waals surface area contributed by atoms with Gasteiger partial charge in [0.25, 0.3) is 0 Å². The van der Waals surface area contributed by atoms with E-state index < -0.39 is 0 Å². The first-order chi connectivity index (χ1) is 10.7. The van der Waals surface area contributed by atoms with E-state index in [9.17, 15) is 4.39 Å². The first kappa shape index (κ1) is 14.2. The van der Waals surface area contributed by atoms with Crippen molar-refractivity contribution in [1.82, 2.24) is 14.8 Å². The topological polar surface area (TPSA) is 60.2 Å². The molecule has 1 aromatic carbocycles. The molecule has 0 amide bonds. The highest BCUT2D eigenvalue weighted by Crippen LogP contribution is 2.13. The second-order valence-electron chi connectivity index (χ2n) is 4.66. The number of hydrogen-bond acceptors (Lipinski definition) is 4. The molecule has 22 heavy (non-hydrogen) atoms. The molecule has 2 aromatic heterocycles. The van der Waals surface area contributed by atoms with E-state index in [0.717, 1.165) is 11.4 Å². The minimum absolute atomic E-state index is 0.0949. The third-order valence-electron chi connectivity index (χ3n) is 3.08. The highest BCUT2D eigenvalue weighted by Gasteiger charge is 2.03. The average Bonchev–Trinajstić information content (AvgIpc) is 3.03. The van der Waals surface area contributed by atoms with Gasteiger partial charge in [-0.15, -0.1) is 0 Å². The van der Waals surface area contributed by atoms with Crippen LogP contribution in [0, 0.1) is 5.82 Å². The molecule has 3 rings (SSSR count). The van der Waals surface area contributed by atoms with Gasteiger partial charge >= 0.3 is 0 Å². The van der Waals surface area contributed by atoms with Gasteiger partial charge in [0.05, 0.1) is 24.2 Å². The van der Waals surface area contributed by atoms with Gasteiger partial charge in [0, 0.05) is 6.20 Å². The zero-order chi connectivity index (χ0) is 15.4. The van der Waals surface area contributed by atoms with Gasteiger partial charge in [0.2, 0.25) is 0 Å². The Hall–Kier alpha value is -2.73. The molecule has 112 valence electrons. The number of halogens is 1. The summed E-state index contributed by atoms with van der Waals surface area (Å²) in [5.41, 5.74) is 2.12. The number of aliphatic hydroxyl groups is 1. The van der Waals surface area contributed by atoms with Crippen LogP contribution >= 0.6 is 0 Å². The minimum Gasteiger partial charge on any atom is -0.486 e. The van der Waals surface area contributed by atoms with E-state index in [0.29, 0.717) is 18.1 Å². The first-order valence-electron chi connectivity index (χ1n) is 6.74. The van der Waals surface area contributed by atoms with Crippen LogP contribution in [0.15, 0.2) is 54.9 Å². The predicted octanol–water partition coefficient (Wildman–Crippen LogP) is 2.48. The van der Waals surface area contributed by atoms with Gasteiger partial charge in [-0.2, -0.15) is 5.10 Å². The molecule has 2 heterocycles. The van der Waals surface area contributed by atoms with Gasteiger partial charge in [-0.1, -0.05) is 0 Å². The van der Waals surface area contributed by atoms with Crippen molar-refractivity contribution in [1.29, 1.82) is 0 Å². The van der Waals surface area contributed by atoms with Crippen LogP contribution in [-0.2, 0) is 13.2 Å². The van der Waals surface area contributed by atoms with Crippen molar-refractivity contribution in [3.05, 3.63) is 72.1 Å². The van der Waals surface area contributed by atoms with Crippen molar-refractivity contribution >= 4 is 0 Å². The number of hydrogen-bond donors (Lipinski definition) is 1. The van der Waals surface area contributed by atoms with Crippen LogP contribution in [0.2, 0.25) is 0 Å². The Morgan fingerprint density at radius 2 is 1.86 bits per heavy atom. The summed E-state index contributed by atoms with van der Waals surface area (Å²) < 4.78 is 20.1. The fraction of sp³-hybridized carbons (Fsp3) is 0.125. The number of rotatable bonds is 5. The molecule has 0 saturated heterocycles. The highest BCUT2D eigenvalue weighted by atomic mass is 19.1. The summed E-state index contributed by atoms with van der Waals surface area (Å²) in [6.07, 6.45) is 3.35. The van der Waals surface area contributed by atoms with Gasteiger partial charge in [0.1, 0.15) is 23.9 Å². The van der Waals surface area contributed by atoms with E-state index in [1.165, 1.54) is 12.1 Å². The third kappa shape index (κ3) is 3.29. The standard InChI is InChI=1S/C16H14FN3O2/c17-12-1-4-15(5-2-12)20-8-7-14(19-20)11-22-16-6-3-13(10-21)18-9-16/h1-9,21H,10-11H2. The van der Waals surface area contributed by atoms with Crippen molar-refractivity contribution < 1.29 is 14.2 Å². The minimum atomic E-state index is -0.279. The monoisotopic (exact) mass is 299 g/mol. The van der Waals surface area contributed by atoms with Crippen LogP contribution in [0.4, 0.5) is 4.39 Å². The maximum absolute atomic E-state index is 12.9. The first-order valence-corrected chi connectivity index (χ1v) is 6.74. The fourth-order valence-corrected chi connectivity index (χ4v) is 1.92. The second-order valence-corrected chi connectivity index (χ2v) is 4.66. The Morgan fingerprint density at radius 1 is 1.05 bits per heavy atom. The van der Waals surface area contributed by atoms with Gasteiger partial charge < -0.3 is 9.84 Å². The number of benzene rings is 1. The van der Waals surface area contributed by atoms with Crippen LogP contribution in [0.3, 0.4) is 0 Å². The van der Waals surface area contributed by atoms with E-state index in [2.05, 4.69) is 10.1 Å². The summed E-state index contributed by atoms with van der Waals surface area (Å²) in [6, 6.07) is 11.4. The molecule has 0 aliphatic carbocycles. The molecule has 6 heteroatoms. The van der Waals surface area contributed by atoms with E-state index >= 15 is 0 Å². The maximum Gasteiger partial charge on any atom is 0.138 e. The van der Waals surface area contributed by atoms with Gasteiger partial charge in [0.15, 0.2) is 0 Å². The summed E-state index contributed by atoms with van der Waals surface area (Å²) >= 11 is 0. The fourth-order valence-electron chi connectivity index (χ4n) is 1.92. The predicted molar refractivity (Wildman–Crippen MR) is 78.0 cm³/mol. The van der Waals surface area contributed by atoms with Crippen LogP contribution in [0.5, 0.6) is 5.75 Å². The maximum atomic E-state index is 12.9. The summed E-state index contributed by atoms with van der Waals surface area (Å²) in [4.78, 5) is 4.03. The lowest BCUT2D eigenvalue weighted by Gasteiger charge is -2.04. The van der Waals surface area contributed by atoms with Crippen LogP contribution in [0.1, 0.15) is 11.4 Å². The summed E-state index contributed by atoms with van der Waals surface area (Å²) in [7, 11) is 0. The Bertz CT molecular complexity index is 739. The van der Waals surface area contributed by atoms with Gasteiger partial charge in [-0.25, -0.2) is 9.07 Å². The SMILES string of the molecule is OCc1ccc(OCc2ccn(-c3ccc(F)cc3)n2)cn1. The van der Waals surface area contributed by atoms with Crippen LogP contribution in [0.25, 0.3) is 5.69 Å². The lowest BCUT2D eigenvalue weighted by atomic mass is 10.3. The molecule has 0 saturated carbocycles. The van der Waals surface area contributed by atoms with Gasteiger partial charge in [-0.05, 0) is 42.5 Å². The number of nitrogens with zero attached hydrogens (tertiary/aromatic N) is 3. The molecule has 3 aromatic rings. The molecule has 0 aliphatic rings. The van der Waals surface area contributed by atoms with E-state index in [4.69, 9.17) is 9.84 Å². The van der Waals surface area contributed by atoms with E-state index in [1.807, 2.05) is 6.07 Å². The van der Waals surface area contributed by atoms with Crippen LogP contribution in [-0.4, -0.2) is 19.9 Å². The molecule has 5 nitrogen and oxygen atoms in total.